The molecule has 2 rings (SSSR count). The lowest BCUT2D eigenvalue weighted by atomic mass is 10.0. The molecule has 3 nitrogen and oxygen atoms in total. The van der Waals surface area contributed by atoms with Crippen LogP contribution < -0.4 is 5.32 Å². The van der Waals surface area contributed by atoms with Crippen LogP contribution in [0.1, 0.15) is 26.7 Å². The Hall–Kier alpha value is -0.0551. The standard InChI is InChI=1S/C9H18BN3.C2H6/c10-13-5-1-9(2-6-13)12-7-3-11-4-8-12;1-2/h9,11H,1-8H2;1-2H3. The van der Waals surface area contributed by atoms with Gasteiger partial charge in [-0.2, -0.15) is 0 Å². The van der Waals surface area contributed by atoms with Gasteiger partial charge in [0.05, 0.1) is 0 Å². The quantitative estimate of drug-likeness (QED) is 0.633. The largest absolute Gasteiger partial charge is 0.353 e. The number of piperidine rings is 1. The molecule has 0 aromatic heterocycles. The van der Waals surface area contributed by atoms with E-state index < -0.39 is 0 Å². The van der Waals surface area contributed by atoms with E-state index in [0.29, 0.717) is 0 Å². The molecule has 0 atom stereocenters. The second-order valence-electron chi connectivity index (χ2n) is 4.05. The molecular weight excluding hydrogens is 185 g/mol. The summed E-state index contributed by atoms with van der Waals surface area (Å²) in [6.07, 6.45) is 2.49. The fourth-order valence-corrected chi connectivity index (χ4v) is 2.30. The smallest absolute Gasteiger partial charge is 0.182 e. The van der Waals surface area contributed by atoms with Crippen molar-refractivity contribution < 1.29 is 0 Å². The summed E-state index contributed by atoms with van der Waals surface area (Å²) in [5.41, 5.74) is 0. The maximum absolute atomic E-state index is 5.73. The van der Waals surface area contributed by atoms with Gasteiger partial charge in [0.15, 0.2) is 7.98 Å². The summed E-state index contributed by atoms with van der Waals surface area (Å²) < 4.78 is 0. The van der Waals surface area contributed by atoms with Crippen molar-refractivity contribution in [1.29, 1.82) is 0 Å². The average Bonchev–Trinajstić information content (AvgIpc) is 2.34. The van der Waals surface area contributed by atoms with Crippen molar-refractivity contribution in [2.24, 2.45) is 0 Å². The number of rotatable bonds is 1. The SMILES string of the molecule is CC.[B]N1CCC(N2CCNCC2)CC1. The van der Waals surface area contributed by atoms with E-state index >= 15 is 0 Å². The molecule has 15 heavy (non-hydrogen) atoms. The van der Waals surface area contributed by atoms with E-state index in [1.54, 1.807) is 0 Å². The first-order chi connectivity index (χ1) is 7.36. The fourth-order valence-electron chi connectivity index (χ4n) is 2.30. The van der Waals surface area contributed by atoms with E-state index in [4.69, 9.17) is 7.98 Å². The summed E-state index contributed by atoms with van der Waals surface area (Å²) in [6.45, 7) is 10.9. The van der Waals surface area contributed by atoms with Crippen LogP contribution in [0, 0.1) is 0 Å². The molecule has 2 fully saturated rings. The molecule has 4 heteroatoms. The molecular formula is C11H24BN3. The second-order valence-corrected chi connectivity index (χ2v) is 4.05. The average molecular weight is 209 g/mol. The van der Waals surface area contributed by atoms with Crippen LogP contribution in [-0.4, -0.2) is 63.0 Å². The second kappa shape index (κ2) is 7.26. The lowest BCUT2D eigenvalue weighted by Gasteiger charge is -2.39. The van der Waals surface area contributed by atoms with Crippen LogP contribution in [0.15, 0.2) is 0 Å². The molecule has 0 saturated carbocycles. The normalized spacial score (nSPS) is 25.7. The predicted molar refractivity (Wildman–Crippen MR) is 66.1 cm³/mol. The summed E-state index contributed by atoms with van der Waals surface area (Å²) in [6, 6.07) is 0.793. The first kappa shape index (κ1) is 13.0. The highest BCUT2D eigenvalue weighted by atomic mass is 15.2. The molecule has 2 saturated heterocycles. The topological polar surface area (TPSA) is 18.5 Å². The van der Waals surface area contributed by atoms with Gasteiger partial charge in [0, 0.05) is 32.2 Å². The Morgan fingerprint density at radius 1 is 1.00 bits per heavy atom. The minimum atomic E-state index is 0.793. The van der Waals surface area contributed by atoms with Crippen LogP contribution >= 0.6 is 0 Å². The molecule has 86 valence electrons. The van der Waals surface area contributed by atoms with Gasteiger partial charge < -0.3 is 10.1 Å². The predicted octanol–water partition coefficient (Wildman–Crippen LogP) is 0.466. The van der Waals surface area contributed by atoms with Gasteiger partial charge in [-0.25, -0.2) is 0 Å². The molecule has 0 aromatic rings. The minimum Gasteiger partial charge on any atom is -0.353 e. The Labute approximate surface area is 95.6 Å². The highest BCUT2D eigenvalue weighted by Gasteiger charge is 2.23. The summed E-state index contributed by atoms with van der Waals surface area (Å²) in [4.78, 5) is 4.56. The summed E-state index contributed by atoms with van der Waals surface area (Å²) in [5.74, 6) is 0. The van der Waals surface area contributed by atoms with E-state index in [-0.39, 0.29) is 0 Å². The van der Waals surface area contributed by atoms with Crippen LogP contribution in [0.3, 0.4) is 0 Å². The van der Waals surface area contributed by atoms with Crippen molar-refractivity contribution in [3.8, 4) is 0 Å². The molecule has 0 spiro atoms. The molecule has 0 unspecified atom stereocenters. The first-order valence-corrected chi connectivity index (χ1v) is 6.30. The minimum absolute atomic E-state index is 0.793. The van der Waals surface area contributed by atoms with Gasteiger partial charge in [-0.3, -0.25) is 4.90 Å². The van der Waals surface area contributed by atoms with E-state index in [0.717, 1.165) is 32.2 Å². The van der Waals surface area contributed by atoms with Crippen molar-refractivity contribution >= 4 is 7.98 Å². The maximum atomic E-state index is 5.73. The number of piperazine rings is 1. The van der Waals surface area contributed by atoms with Gasteiger partial charge >= 0.3 is 0 Å². The third-order valence-electron chi connectivity index (χ3n) is 3.17. The molecule has 2 aliphatic heterocycles. The number of nitrogens with one attached hydrogen (secondary N) is 1. The van der Waals surface area contributed by atoms with Gasteiger partial charge in [0.25, 0.3) is 0 Å². The Bertz CT molecular complexity index is 152. The van der Waals surface area contributed by atoms with Crippen molar-refractivity contribution in [1.82, 2.24) is 15.0 Å². The van der Waals surface area contributed by atoms with Crippen LogP contribution in [0.2, 0.25) is 0 Å². The van der Waals surface area contributed by atoms with Gasteiger partial charge in [-0.15, -0.1) is 0 Å². The zero-order valence-corrected chi connectivity index (χ0v) is 10.2. The molecule has 2 aliphatic rings. The Morgan fingerprint density at radius 3 is 2.07 bits per heavy atom. The van der Waals surface area contributed by atoms with Crippen molar-refractivity contribution in [2.45, 2.75) is 32.7 Å². The Balaban J connectivity index is 0.000000531. The van der Waals surface area contributed by atoms with Crippen molar-refractivity contribution in [2.75, 3.05) is 39.3 Å². The third kappa shape index (κ3) is 4.13. The van der Waals surface area contributed by atoms with Gasteiger partial charge in [0.1, 0.15) is 0 Å². The molecule has 0 bridgehead atoms. The van der Waals surface area contributed by atoms with Gasteiger partial charge in [-0.1, -0.05) is 13.8 Å². The Kier molecular flexibility index (Phi) is 6.29. The Morgan fingerprint density at radius 2 is 1.53 bits per heavy atom. The molecule has 0 amide bonds. The van der Waals surface area contributed by atoms with E-state index in [9.17, 15) is 0 Å². The van der Waals surface area contributed by atoms with Crippen LogP contribution in [0.5, 0.6) is 0 Å². The summed E-state index contributed by atoms with van der Waals surface area (Å²) >= 11 is 0. The van der Waals surface area contributed by atoms with Crippen LogP contribution in [-0.2, 0) is 0 Å². The molecule has 1 N–H and O–H groups in total. The number of hydrogen-bond acceptors (Lipinski definition) is 3. The first-order valence-electron chi connectivity index (χ1n) is 6.30. The highest BCUT2D eigenvalue weighted by Crippen LogP contribution is 2.15. The van der Waals surface area contributed by atoms with Crippen LogP contribution in [0.25, 0.3) is 0 Å². The lowest BCUT2D eigenvalue weighted by Crippen LogP contribution is -2.51. The van der Waals surface area contributed by atoms with E-state index in [1.807, 2.05) is 18.7 Å². The zero-order chi connectivity index (χ0) is 11.1. The summed E-state index contributed by atoms with van der Waals surface area (Å²) in [5, 5.41) is 3.39. The monoisotopic (exact) mass is 209 g/mol. The maximum Gasteiger partial charge on any atom is 0.182 e. The lowest BCUT2D eigenvalue weighted by molar-refractivity contribution is 0.125. The zero-order valence-electron chi connectivity index (χ0n) is 10.2. The van der Waals surface area contributed by atoms with E-state index in [2.05, 4.69) is 10.2 Å². The molecule has 2 heterocycles. The highest BCUT2D eigenvalue weighted by molar-refractivity contribution is 6.04. The molecule has 0 aromatic carbocycles. The van der Waals surface area contributed by atoms with E-state index in [1.165, 1.54) is 25.9 Å². The van der Waals surface area contributed by atoms with Crippen molar-refractivity contribution in [3.63, 3.8) is 0 Å². The fraction of sp³-hybridized carbons (Fsp3) is 1.00. The summed E-state index contributed by atoms with van der Waals surface area (Å²) in [7, 11) is 5.73. The molecule has 0 aliphatic carbocycles. The van der Waals surface area contributed by atoms with Gasteiger partial charge in [-0.05, 0) is 25.9 Å². The van der Waals surface area contributed by atoms with Crippen LogP contribution in [0.4, 0.5) is 0 Å². The van der Waals surface area contributed by atoms with Crippen molar-refractivity contribution in [3.05, 3.63) is 0 Å². The third-order valence-corrected chi connectivity index (χ3v) is 3.17. The number of hydrogen-bond donors (Lipinski definition) is 1. The molecule has 2 radical (unpaired) electrons. The van der Waals surface area contributed by atoms with Gasteiger partial charge in [0.2, 0.25) is 0 Å². The number of nitrogens with zero attached hydrogens (tertiary/aromatic N) is 2.